The highest BCUT2D eigenvalue weighted by Crippen LogP contribution is 2.31. The molecule has 0 aliphatic carbocycles. The lowest BCUT2D eigenvalue weighted by Crippen LogP contribution is -2.28. The lowest BCUT2D eigenvalue weighted by molar-refractivity contribution is -0.119. The van der Waals surface area contributed by atoms with Gasteiger partial charge in [0.15, 0.2) is 0 Å². The van der Waals surface area contributed by atoms with Gasteiger partial charge in [-0.2, -0.15) is 5.10 Å². The molecule has 1 amide bonds. The minimum atomic E-state index is -0.121. The first-order valence-electron chi connectivity index (χ1n) is 7.73. The molecule has 1 saturated heterocycles. The first-order valence-corrected chi connectivity index (χ1v) is 7.73. The second-order valence-electron chi connectivity index (χ2n) is 6.01. The number of hydrogen-bond donors (Lipinski definition) is 2. The molecule has 122 valence electrons. The maximum atomic E-state index is 12.8. The summed E-state index contributed by atoms with van der Waals surface area (Å²) < 4.78 is 7.11. The van der Waals surface area contributed by atoms with Crippen LogP contribution in [0.5, 0.6) is 5.75 Å². The Bertz CT molecular complexity index is 710. The summed E-state index contributed by atoms with van der Waals surface area (Å²) in [5.74, 6) is 0.699. The summed E-state index contributed by atoms with van der Waals surface area (Å²) in [6.45, 7) is 3.44. The molecule has 2 N–H and O–H groups in total. The minimum Gasteiger partial charge on any atom is -0.495 e. The number of carbonyl (C=O) groups is 1. The van der Waals surface area contributed by atoms with E-state index in [-0.39, 0.29) is 17.7 Å². The van der Waals surface area contributed by atoms with Crippen LogP contribution in [0.4, 0.5) is 5.69 Å². The zero-order chi connectivity index (χ0) is 16.4. The largest absolute Gasteiger partial charge is 0.495 e. The van der Waals surface area contributed by atoms with E-state index in [2.05, 4.69) is 15.7 Å². The van der Waals surface area contributed by atoms with Crippen molar-refractivity contribution in [3.8, 4) is 5.75 Å². The Kier molecular flexibility index (Phi) is 4.34. The fourth-order valence-electron chi connectivity index (χ4n) is 3.08. The molecule has 1 aliphatic rings. The Morgan fingerprint density at radius 2 is 2.26 bits per heavy atom. The topological polar surface area (TPSA) is 68.2 Å². The molecule has 6 nitrogen and oxygen atoms in total. The number of methoxy groups -OCH3 is 1. The van der Waals surface area contributed by atoms with Crippen LogP contribution >= 0.6 is 0 Å². The average Bonchev–Trinajstić information content (AvgIpc) is 3.15. The third-order valence-electron chi connectivity index (χ3n) is 4.32. The summed E-state index contributed by atoms with van der Waals surface area (Å²) in [5.41, 5.74) is 2.89. The van der Waals surface area contributed by atoms with Crippen molar-refractivity contribution in [2.75, 3.05) is 25.5 Å². The van der Waals surface area contributed by atoms with Crippen LogP contribution in [0.25, 0.3) is 0 Å². The molecular weight excluding hydrogens is 292 g/mol. The predicted octanol–water partition coefficient (Wildman–Crippen LogP) is 1.68. The van der Waals surface area contributed by atoms with Crippen molar-refractivity contribution in [3.63, 3.8) is 0 Å². The normalized spacial score (nSPS) is 20.5. The van der Waals surface area contributed by atoms with Crippen LogP contribution in [0.2, 0.25) is 0 Å². The van der Waals surface area contributed by atoms with Crippen molar-refractivity contribution < 1.29 is 9.53 Å². The van der Waals surface area contributed by atoms with Gasteiger partial charge in [-0.25, -0.2) is 0 Å². The number of rotatable bonds is 4. The van der Waals surface area contributed by atoms with E-state index >= 15 is 0 Å². The summed E-state index contributed by atoms with van der Waals surface area (Å²) in [6, 6.07) is 5.76. The van der Waals surface area contributed by atoms with Crippen LogP contribution < -0.4 is 15.4 Å². The number of aryl methyl sites for hydroxylation is 2. The molecule has 2 atom stereocenters. The van der Waals surface area contributed by atoms with Gasteiger partial charge >= 0.3 is 0 Å². The van der Waals surface area contributed by atoms with Gasteiger partial charge in [0, 0.05) is 32.3 Å². The molecule has 1 aliphatic heterocycles. The Labute approximate surface area is 135 Å². The smallest absolute Gasteiger partial charge is 0.229 e. The van der Waals surface area contributed by atoms with Crippen molar-refractivity contribution in [2.24, 2.45) is 13.0 Å². The van der Waals surface area contributed by atoms with E-state index in [0.29, 0.717) is 18.0 Å². The highest BCUT2D eigenvalue weighted by molar-refractivity contribution is 5.95. The summed E-state index contributed by atoms with van der Waals surface area (Å²) >= 11 is 0. The number of benzene rings is 1. The van der Waals surface area contributed by atoms with Crippen LogP contribution in [0.3, 0.4) is 0 Å². The molecule has 0 bridgehead atoms. The van der Waals surface area contributed by atoms with Crippen LogP contribution in [0.1, 0.15) is 17.0 Å². The summed E-state index contributed by atoms with van der Waals surface area (Å²) in [5, 5.41) is 10.5. The standard InChI is InChI=1S/C17H22N4O2/c1-11-4-5-16(23-3)15(6-11)20-17(22)14-9-18-8-13(14)12-7-19-21(2)10-12/h4-7,10,13-14,18H,8-9H2,1-3H3,(H,20,22)/t13-,14+/m1/s1. The Balaban J connectivity index is 1.79. The van der Waals surface area contributed by atoms with E-state index in [1.54, 1.807) is 11.8 Å². The van der Waals surface area contributed by atoms with E-state index in [9.17, 15) is 4.79 Å². The lowest BCUT2D eigenvalue weighted by atomic mass is 9.90. The average molecular weight is 314 g/mol. The van der Waals surface area contributed by atoms with E-state index in [0.717, 1.165) is 17.7 Å². The van der Waals surface area contributed by atoms with E-state index < -0.39 is 0 Å². The number of nitrogens with one attached hydrogen (secondary N) is 2. The molecule has 1 fully saturated rings. The second-order valence-corrected chi connectivity index (χ2v) is 6.01. The zero-order valence-corrected chi connectivity index (χ0v) is 13.7. The van der Waals surface area contributed by atoms with Gasteiger partial charge in [-0.05, 0) is 30.2 Å². The molecule has 0 radical (unpaired) electrons. The van der Waals surface area contributed by atoms with Gasteiger partial charge < -0.3 is 15.4 Å². The minimum absolute atomic E-state index is 0.00718. The highest BCUT2D eigenvalue weighted by Gasteiger charge is 2.35. The Morgan fingerprint density at radius 1 is 1.43 bits per heavy atom. The first kappa shape index (κ1) is 15.6. The Morgan fingerprint density at radius 3 is 2.96 bits per heavy atom. The van der Waals surface area contributed by atoms with Crippen LogP contribution in [-0.4, -0.2) is 35.9 Å². The van der Waals surface area contributed by atoms with Gasteiger partial charge in [0.25, 0.3) is 0 Å². The number of aromatic nitrogens is 2. The number of nitrogens with zero attached hydrogens (tertiary/aromatic N) is 2. The number of carbonyl (C=O) groups excluding carboxylic acids is 1. The molecule has 0 spiro atoms. The molecule has 3 rings (SSSR count). The van der Waals surface area contributed by atoms with E-state index in [1.165, 1.54) is 0 Å². The van der Waals surface area contributed by atoms with E-state index in [1.807, 2.05) is 44.6 Å². The predicted molar refractivity (Wildman–Crippen MR) is 88.7 cm³/mol. The van der Waals surface area contributed by atoms with Crippen molar-refractivity contribution in [1.29, 1.82) is 0 Å². The fourth-order valence-corrected chi connectivity index (χ4v) is 3.08. The van der Waals surface area contributed by atoms with Gasteiger partial charge in [-0.3, -0.25) is 9.48 Å². The molecule has 1 aromatic carbocycles. The van der Waals surface area contributed by atoms with Gasteiger partial charge in [-0.15, -0.1) is 0 Å². The molecule has 2 heterocycles. The van der Waals surface area contributed by atoms with Gasteiger partial charge in [-0.1, -0.05) is 6.07 Å². The van der Waals surface area contributed by atoms with Crippen molar-refractivity contribution >= 4 is 11.6 Å². The SMILES string of the molecule is COc1ccc(C)cc1NC(=O)[C@H]1CNC[C@@H]1c1cnn(C)c1. The van der Waals surface area contributed by atoms with Crippen LogP contribution in [0.15, 0.2) is 30.6 Å². The Hall–Kier alpha value is -2.34. The number of anilines is 1. The van der Waals surface area contributed by atoms with Crippen molar-refractivity contribution in [1.82, 2.24) is 15.1 Å². The maximum absolute atomic E-state index is 12.8. The zero-order valence-electron chi connectivity index (χ0n) is 13.7. The molecule has 2 aromatic rings. The quantitative estimate of drug-likeness (QED) is 0.901. The van der Waals surface area contributed by atoms with Gasteiger partial charge in [0.05, 0.1) is 24.9 Å². The fraction of sp³-hybridized carbons (Fsp3) is 0.412. The van der Waals surface area contributed by atoms with Crippen LogP contribution in [-0.2, 0) is 11.8 Å². The molecule has 23 heavy (non-hydrogen) atoms. The maximum Gasteiger partial charge on any atom is 0.229 e. The third-order valence-corrected chi connectivity index (χ3v) is 4.32. The van der Waals surface area contributed by atoms with Gasteiger partial charge in [0.1, 0.15) is 5.75 Å². The molecular formula is C17H22N4O2. The summed E-state index contributed by atoms with van der Waals surface area (Å²) in [4.78, 5) is 12.8. The summed E-state index contributed by atoms with van der Waals surface area (Å²) in [7, 11) is 3.49. The van der Waals surface area contributed by atoms with E-state index in [4.69, 9.17) is 4.74 Å². The highest BCUT2D eigenvalue weighted by atomic mass is 16.5. The first-order chi connectivity index (χ1) is 11.1. The molecule has 0 saturated carbocycles. The van der Waals surface area contributed by atoms with Crippen molar-refractivity contribution in [2.45, 2.75) is 12.8 Å². The lowest BCUT2D eigenvalue weighted by Gasteiger charge is -2.18. The van der Waals surface area contributed by atoms with Gasteiger partial charge in [0.2, 0.25) is 5.91 Å². The third kappa shape index (κ3) is 3.22. The molecule has 6 heteroatoms. The number of hydrogen-bond acceptors (Lipinski definition) is 4. The molecule has 0 unspecified atom stereocenters. The number of amides is 1. The monoisotopic (exact) mass is 314 g/mol. The van der Waals surface area contributed by atoms with Crippen LogP contribution in [0, 0.1) is 12.8 Å². The molecule has 1 aromatic heterocycles. The van der Waals surface area contributed by atoms with Crippen molar-refractivity contribution in [3.05, 3.63) is 41.7 Å². The summed E-state index contributed by atoms with van der Waals surface area (Å²) in [6.07, 6.45) is 3.82. The number of ether oxygens (including phenoxy) is 1. The second kappa shape index (κ2) is 6.42.